The quantitative estimate of drug-likeness (QED) is 0.206. The van der Waals surface area contributed by atoms with Crippen molar-refractivity contribution in [3.8, 4) is 17.1 Å². The summed E-state index contributed by atoms with van der Waals surface area (Å²) in [6, 6.07) is 52.5. The van der Waals surface area contributed by atoms with Crippen LogP contribution in [0.15, 0.2) is 158 Å². The monoisotopic (exact) mass is 574 g/mol. The Labute approximate surface area is 260 Å². The molecule has 0 N–H and O–H groups in total. The van der Waals surface area contributed by atoms with Crippen molar-refractivity contribution in [1.29, 1.82) is 0 Å². The predicted molar refractivity (Wildman–Crippen MR) is 182 cm³/mol. The first-order valence-electron chi connectivity index (χ1n) is 15.3. The van der Waals surface area contributed by atoms with Gasteiger partial charge >= 0.3 is 0 Å². The highest BCUT2D eigenvalue weighted by molar-refractivity contribution is 6.09. The topological polar surface area (TPSA) is 34.0 Å². The van der Waals surface area contributed by atoms with Crippen LogP contribution in [0.3, 0.4) is 0 Å². The molecule has 5 aromatic carbocycles. The maximum atomic E-state index is 4.87. The number of anilines is 3. The van der Waals surface area contributed by atoms with Gasteiger partial charge < -0.3 is 9.47 Å². The van der Waals surface area contributed by atoms with Gasteiger partial charge in [0, 0.05) is 34.5 Å². The van der Waals surface area contributed by atoms with Crippen molar-refractivity contribution in [3.05, 3.63) is 180 Å². The van der Waals surface area contributed by atoms with Gasteiger partial charge in [0.15, 0.2) is 0 Å². The maximum absolute atomic E-state index is 4.87. The van der Waals surface area contributed by atoms with Crippen LogP contribution in [0.4, 0.5) is 17.1 Å². The molecule has 4 heteroatoms. The fraction of sp³-hybridized carbons (Fsp3) is 0.0244. The van der Waals surface area contributed by atoms with Gasteiger partial charge in [-0.05, 0) is 82.9 Å². The van der Waals surface area contributed by atoms with Crippen molar-refractivity contribution in [3.63, 3.8) is 0 Å². The predicted octanol–water partition coefficient (Wildman–Crippen LogP) is 9.72. The average Bonchev–Trinajstić information content (AvgIpc) is 3.60. The average molecular weight is 575 g/mol. The molecule has 1 aliphatic heterocycles. The van der Waals surface area contributed by atoms with Crippen molar-refractivity contribution in [2.75, 3.05) is 4.90 Å². The summed E-state index contributed by atoms with van der Waals surface area (Å²) in [7, 11) is 0. The lowest BCUT2D eigenvalue weighted by molar-refractivity contribution is 0.749. The van der Waals surface area contributed by atoms with Crippen molar-refractivity contribution in [1.82, 2.24) is 14.5 Å². The molecule has 0 fully saturated rings. The molecule has 0 bridgehead atoms. The van der Waals surface area contributed by atoms with E-state index < -0.39 is 5.41 Å². The molecule has 4 heterocycles. The zero-order valence-electron chi connectivity index (χ0n) is 24.3. The normalized spacial score (nSPS) is 13.9. The molecule has 0 saturated heterocycles. The summed E-state index contributed by atoms with van der Waals surface area (Å²) in [5.41, 5.74) is 13.2. The van der Waals surface area contributed by atoms with E-state index in [0.29, 0.717) is 0 Å². The maximum Gasteiger partial charge on any atom is 0.0937 e. The summed E-state index contributed by atoms with van der Waals surface area (Å²) in [4.78, 5) is 12.2. The molecule has 0 unspecified atom stereocenters. The summed E-state index contributed by atoms with van der Waals surface area (Å²) >= 11 is 0. The first kappa shape index (κ1) is 24.4. The second-order valence-electron chi connectivity index (χ2n) is 11.8. The summed E-state index contributed by atoms with van der Waals surface area (Å²) in [6.07, 6.45) is 3.75. The Hall–Kier alpha value is -6.00. The van der Waals surface area contributed by atoms with Crippen molar-refractivity contribution < 1.29 is 0 Å². The molecule has 1 spiro atoms. The SMILES string of the molecule is c1ccc2c(c1)N(c1ccc(-n3c4ccccc4c4ccccc43)cc1)c1ccccc1C21c2cccnc2-c2ncccc21. The van der Waals surface area contributed by atoms with Crippen LogP contribution in [0.5, 0.6) is 0 Å². The molecule has 0 amide bonds. The van der Waals surface area contributed by atoms with E-state index >= 15 is 0 Å². The van der Waals surface area contributed by atoms with E-state index in [4.69, 9.17) is 9.97 Å². The van der Waals surface area contributed by atoms with Crippen LogP contribution in [0, 0.1) is 0 Å². The van der Waals surface area contributed by atoms with Crippen LogP contribution in [0.25, 0.3) is 38.9 Å². The minimum atomic E-state index is -0.514. The Kier molecular flexibility index (Phi) is 4.89. The van der Waals surface area contributed by atoms with Gasteiger partial charge in [-0.25, -0.2) is 0 Å². The van der Waals surface area contributed by atoms with Gasteiger partial charge in [-0.1, -0.05) is 84.9 Å². The van der Waals surface area contributed by atoms with Crippen LogP contribution >= 0.6 is 0 Å². The smallest absolute Gasteiger partial charge is 0.0937 e. The molecule has 4 nitrogen and oxygen atoms in total. The van der Waals surface area contributed by atoms with Crippen molar-refractivity contribution >= 4 is 38.9 Å². The number of benzene rings is 5. The van der Waals surface area contributed by atoms with Crippen LogP contribution in [0.2, 0.25) is 0 Å². The lowest BCUT2D eigenvalue weighted by Gasteiger charge is -2.44. The second kappa shape index (κ2) is 9.01. The Morgan fingerprint density at radius 3 is 1.40 bits per heavy atom. The van der Waals surface area contributed by atoms with Crippen LogP contribution < -0.4 is 4.90 Å². The standard InChI is InChI=1S/C41H26N4/c1-5-17-35-29(11-1)30-12-2-6-18-36(30)44(35)27-21-23-28(24-22-27)45-37-19-7-3-13-31(37)41(32-14-4-8-20-38(32)45)33-15-9-25-42-39(33)40-34(41)16-10-26-43-40/h1-26H. The number of nitrogens with zero attached hydrogens (tertiary/aromatic N) is 4. The Morgan fingerprint density at radius 1 is 0.400 bits per heavy atom. The van der Waals surface area contributed by atoms with Gasteiger partial charge in [0.1, 0.15) is 0 Å². The van der Waals surface area contributed by atoms with Gasteiger partial charge in [0.25, 0.3) is 0 Å². The van der Waals surface area contributed by atoms with E-state index in [1.165, 1.54) is 44.1 Å². The van der Waals surface area contributed by atoms with Crippen molar-refractivity contribution in [2.45, 2.75) is 5.41 Å². The first-order chi connectivity index (χ1) is 22.4. The highest BCUT2D eigenvalue weighted by atomic mass is 15.2. The van der Waals surface area contributed by atoms with Crippen LogP contribution in [-0.2, 0) is 5.41 Å². The molecule has 210 valence electrons. The number of rotatable bonds is 2. The molecule has 1 aliphatic carbocycles. The number of para-hydroxylation sites is 4. The minimum Gasteiger partial charge on any atom is -0.310 e. The second-order valence-corrected chi connectivity index (χ2v) is 11.8. The molecule has 10 rings (SSSR count). The molecule has 0 atom stereocenters. The summed E-state index contributed by atoms with van der Waals surface area (Å²) in [6.45, 7) is 0. The Balaban J connectivity index is 1.20. The third-order valence-corrected chi connectivity index (χ3v) is 9.69. The number of aromatic nitrogens is 3. The molecule has 45 heavy (non-hydrogen) atoms. The van der Waals surface area contributed by atoms with Gasteiger partial charge in [-0.15, -0.1) is 0 Å². The Morgan fingerprint density at radius 2 is 0.844 bits per heavy atom. The first-order valence-corrected chi connectivity index (χ1v) is 15.3. The van der Waals surface area contributed by atoms with Gasteiger partial charge in [-0.3, -0.25) is 9.97 Å². The van der Waals surface area contributed by atoms with E-state index in [1.54, 1.807) is 0 Å². The number of pyridine rings is 2. The molecule has 8 aromatic rings. The van der Waals surface area contributed by atoms with Gasteiger partial charge in [0.05, 0.1) is 39.2 Å². The lowest BCUT2D eigenvalue weighted by Crippen LogP contribution is -2.36. The lowest BCUT2D eigenvalue weighted by atomic mass is 9.65. The highest BCUT2D eigenvalue weighted by Crippen LogP contribution is 2.62. The number of hydrogen-bond acceptors (Lipinski definition) is 3. The summed E-state index contributed by atoms with van der Waals surface area (Å²) < 4.78 is 2.37. The number of hydrogen-bond donors (Lipinski definition) is 0. The van der Waals surface area contributed by atoms with Gasteiger partial charge in [0.2, 0.25) is 0 Å². The third kappa shape index (κ3) is 3.10. The summed E-state index contributed by atoms with van der Waals surface area (Å²) in [5, 5.41) is 2.53. The van der Waals surface area contributed by atoms with E-state index in [1.807, 2.05) is 12.4 Å². The summed E-state index contributed by atoms with van der Waals surface area (Å²) in [5.74, 6) is 0. The van der Waals surface area contributed by atoms with E-state index in [0.717, 1.165) is 34.1 Å². The van der Waals surface area contributed by atoms with Crippen LogP contribution in [0.1, 0.15) is 22.3 Å². The van der Waals surface area contributed by atoms with Crippen LogP contribution in [-0.4, -0.2) is 14.5 Å². The van der Waals surface area contributed by atoms with Gasteiger partial charge in [-0.2, -0.15) is 0 Å². The fourth-order valence-corrected chi connectivity index (χ4v) is 7.99. The fourth-order valence-electron chi connectivity index (χ4n) is 7.99. The zero-order chi connectivity index (χ0) is 29.5. The highest BCUT2D eigenvalue weighted by Gasteiger charge is 2.52. The van der Waals surface area contributed by atoms with Crippen molar-refractivity contribution in [2.24, 2.45) is 0 Å². The molecule has 0 saturated carbocycles. The molecule has 2 aliphatic rings. The van der Waals surface area contributed by atoms with E-state index in [2.05, 4.69) is 155 Å². The zero-order valence-corrected chi connectivity index (χ0v) is 24.3. The van der Waals surface area contributed by atoms with E-state index in [-0.39, 0.29) is 0 Å². The largest absolute Gasteiger partial charge is 0.310 e. The molecule has 3 aromatic heterocycles. The number of fused-ring (bicyclic) bond motifs is 12. The molecular weight excluding hydrogens is 548 g/mol. The molecule has 0 radical (unpaired) electrons. The van der Waals surface area contributed by atoms with E-state index in [9.17, 15) is 0 Å². The third-order valence-electron chi connectivity index (χ3n) is 9.69. The Bertz CT molecular complexity index is 2310. The molecular formula is C41H26N4. The minimum absolute atomic E-state index is 0.514.